The molecule has 0 spiro atoms. The predicted molar refractivity (Wildman–Crippen MR) is 83.5 cm³/mol. The number of nitrogens with zero attached hydrogens (tertiary/aromatic N) is 1. The first-order valence-electron chi connectivity index (χ1n) is 6.40. The molecule has 110 valence electrons. The number of carbonyl (C=O) groups is 2. The standard InChI is InChI=1S/C14H20BrN3O2/c1-10(2)16-13(19)8-18(3)9-14(20)17-12-6-4-11(15)5-7-12/h4-7,10H,8-9H2,1-3H3,(H,16,19)(H,17,20). The summed E-state index contributed by atoms with van der Waals surface area (Å²) in [5.74, 6) is -0.230. The Hall–Kier alpha value is -1.40. The van der Waals surface area contributed by atoms with Crippen LogP contribution in [0.2, 0.25) is 0 Å². The highest BCUT2D eigenvalue weighted by Crippen LogP contribution is 2.13. The maximum Gasteiger partial charge on any atom is 0.238 e. The van der Waals surface area contributed by atoms with Crippen LogP contribution in [0, 0.1) is 0 Å². The van der Waals surface area contributed by atoms with E-state index in [0.717, 1.165) is 10.2 Å². The number of anilines is 1. The SMILES string of the molecule is CC(C)NC(=O)CN(C)CC(=O)Nc1ccc(Br)cc1. The van der Waals surface area contributed by atoms with Gasteiger partial charge < -0.3 is 10.6 Å². The first kappa shape index (κ1) is 16.7. The topological polar surface area (TPSA) is 61.4 Å². The van der Waals surface area contributed by atoms with Gasteiger partial charge in [-0.1, -0.05) is 15.9 Å². The molecule has 0 bridgehead atoms. The van der Waals surface area contributed by atoms with Gasteiger partial charge in [-0.15, -0.1) is 0 Å². The summed E-state index contributed by atoms with van der Waals surface area (Å²) in [4.78, 5) is 25.0. The molecule has 2 amide bonds. The number of nitrogens with one attached hydrogen (secondary N) is 2. The largest absolute Gasteiger partial charge is 0.353 e. The van der Waals surface area contributed by atoms with Gasteiger partial charge in [0.25, 0.3) is 0 Å². The van der Waals surface area contributed by atoms with E-state index in [1.165, 1.54) is 0 Å². The fraction of sp³-hybridized carbons (Fsp3) is 0.429. The molecule has 6 heteroatoms. The zero-order valence-electron chi connectivity index (χ0n) is 11.9. The third kappa shape index (κ3) is 6.68. The molecule has 0 fully saturated rings. The van der Waals surface area contributed by atoms with Gasteiger partial charge in [-0.3, -0.25) is 14.5 Å². The molecule has 0 saturated heterocycles. The molecule has 0 aliphatic heterocycles. The maximum atomic E-state index is 11.8. The normalized spacial score (nSPS) is 10.7. The van der Waals surface area contributed by atoms with Crippen molar-refractivity contribution in [2.75, 3.05) is 25.5 Å². The molecule has 5 nitrogen and oxygen atoms in total. The van der Waals surface area contributed by atoms with Gasteiger partial charge in [-0.25, -0.2) is 0 Å². The molecule has 0 aliphatic rings. The third-order valence-electron chi connectivity index (χ3n) is 2.40. The molecule has 0 saturated carbocycles. The second-order valence-corrected chi connectivity index (χ2v) is 5.87. The van der Waals surface area contributed by atoms with Crippen molar-refractivity contribution in [2.24, 2.45) is 0 Å². The fourth-order valence-corrected chi connectivity index (χ4v) is 1.91. The lowest BCUT2D eigenvalue weighted by atomic mass is 10.3. The van der Waals surface area contributed by atoms with Crippen LogP contribution in [0.3, 0.4) is 0 Å². The van der Waals surface area contributed by atoms with E-state index in [2.05, 4.69) is 26.6 Å². The maximum absolute atomic E-state index is 11.8. The lowest BCUT2D eigenvalue weighted by molar-refractivity contribution is -0.123. The van der Waals surface area contributed by atoms with Crippen molar-refractivity contribution >= 4 is 33.4 Å². The van der Waals surface area contributed by atoms with Crippen molar-refractivity contribution in [2.45, 2.75) is 19.9 Å². The Morgan fingerprint density at radius 1 is 1.15 bits per heavy atom. The molecular weight excluding hydrogens is 322 g/mol. The third-order valence-corrected chi connectivity index (χ3v) is 2.93. The number of benzene rings is 1. The van der Waals surface area contributed by atoms with Crippen molar-refractivity contribution < 1.29 is 9.59 Å². The minimum atomic E-state index is -0.146. The summed E-state index contributed by atoms with van der Waals surface area (Å²) in [7, 11) is 1.74. The Morgan fingerprint density at radius 3 is 2.25 bits per heavy atom. The summed E-state index contributed by atoms with van der Waals surface area (Å²) >= 11 is 3.33. The number of likely N-dealkylation sites (N-methyl/N-ethyl adjacent to an activating group) is 1. The van der Waals surface area contributed by atoms with Crippen LogP contribution in [0.1, 0.15) is 13.8 Å². The molecule has 0 radical (unpaired) electrons. The van der Waals surface area contributed by atoms with E-state index in [-0.39, 0.29) is 30.9 Å². The van der Waals surface area contributed by atoms with Gasteiger partial charge in [0, 0.05) is 16.2 Å². The number of hydrogen-bond acceptors (Lipinski definition) is 3. The van der Waals surface area contributed by atoms with Gasteiger partial charge in [0.1, 0.15) is 0 Å². The van der Waals surface area contributed by atoms with E-state index >= 15 is 0 Å². The molecule has 1 aromatic carbocycles. The van der Waals surface area contributed by atoms with Crippen LogP contribution in [0.15, 0.2) is 28.7 Å². The van der Waals surface area contributed by atoms with Crippen LogP contribution in [-0.2, 0) is 9.59 Å². The van der Waals surface area contributed by atoms with Gasteiger partial charge in [-0.05, 0) is 45.2 Å². The van der Waals surface area contributed by atoms with Crippen molar-refractivity contribution in [1.29, 1.82) is 0 Å². The van der Waals surface area contributed by atoms with Crippen LogP contribution >= 0.6 is 15.9 Å². The van der Waals surface area contributed by atoms with Crippen LogP contribution in [0.5, 0.6) is 0 Å². The van der Waals surface area contributed by atoms with Crippen molar-refractivity contribution in [3.8, 4) is 0 Å². The predicted octanol–water partition coefficient (Wildman–Crippen LogP) is 1.84. The fourth-order valence-electron chi connectivity index (χ4n) is 1.65. The highest BCUT2D eigenvalue weighted by molar-refractivity contribution is 9.10. The van der Waals surface area contributed by atoms with E-state index < -0.39 is 0 Å². The quantitative estimate of drug-likeness (QED) is 0.829. The van der Waals surface area contributed by atoms with E-state index in [1.807, 2.05) is 38.1 Å². The van der Waals surface area contributed by atoms with Crippen molar-refractivity contribution in [1.82, 2.24) is 10.2 Å². The Balaban J connectivity index is 2.38. The highest BCUT2D eigenvalue weighted by atomic mass is 79.9. The van der Waals surface area contributed by atoms with Crippen LogP contribution in [0.4, 0.5) is 5.69 Å². The zero-order chi connectivity index (χ0) is 15.1. The second kappa shape index (κ2) is 8.01. The summed E-state index contributed by atoms with van der Waals surface area (Å²) in [5, 5.41) is 5.57. The molecule has 1 rings (SSSR count). The lowest BCUT2D eigenvalue weighted by Crippen LogP contribution is -2.41. The molecule has 0 atom stereocenters. The molecule has 2 N–H and O–H groups in total. The Bertz CT molecular complexity index is 460. The minimum absolute atomic E-state index is 0.0843. The van der Waals surface area contributed by atoms with Gasteiger partial charge >= 0.3 is 0 Å². The van der Waals surface area contributed by atoms with Crippen LogP contribution in [0.25, 0.3) is 0 Å². The first-order valence-corrected chi connectivity index (χ1v) is 7.19. The van der Waals surface area contributed by atoms with E-state index in [9.17, 15) is 9.59 Å². The number of hydrogen-bond donors (Lipinski definition) is 2. The lowest BCUT2D eigenvalue weighted by Gasteiger charge is -2.17. The molecule has 1 aromatic rings. The van der Waals surface area contributed by atoms with Gasteiger partial charge in [-0.2, -0.15) is 0 Å². The minimum Gasteiger partial charge on any atom is -0.353 e. The Labute approximate surface area is 127 Å². The Morgan fingerprint density at radius 2 is 1.70 bits per heavy atom. The molecule has 0 aromatic heterocycles. The average Bonchev–Trinajstić information content (AvgIpc) is 2.30. The summed E-state index contributed by atoms with van der Waals surface area (Å²) in [6.45, 7) is 4.17. The van der Waals surface area contributed by atoms with Crippen molar-refractivity contribution in [3.63, 3.8) is 0 Å². The molecular formula is C14H20BrN3O2. The molecule has 20 heavy (non-hydrogen) atoms. The van der Waals surface area contributed by atoms with Gasteiger partial charge in [0.2, 0.25) is 11.8 Å². The summed E-state index contributed by atoms with van der Waals surface area (Å²) in [6, 6.07) is 7.44. The zero-order valence-corrected chi connectivity index (χ0v) is 13.5. The highest BCUT2D eigenvalue weighted by Gasteiger charge is 2.11. The number of rotatable bonds is 6. The number of halogens is 1. The van der Waals surface area contributed by atoms with Crippen LogP contribution in [-0.4, -0.2) is 42.9 Å². The summed E-state index contributed by atoms with van der Waals surface area (Å²) < 4.78 is 0.956. The van der Waals surface area contributed by atoms with Crippen molar-refractivity contribution in [3.05, 3.63) is 28.7 Å². The smallest absolute Gasteiger partial charge is 0.238 e. The van der Waals surface area contributed by atoms with E-state index in [0.29, 0.717) is 0 Å². The average molecular weight is 342 g/mol. The summed E-state index contributed by atoms with van der Waals surface area (Å²) in [5.41, 5.74) is 0.734. The second-order valence-electron chi connectivity index (χ2n) is 4.95. The summed E-state index contributed by atoms with van der Waals surface area (Å²) in [6.07, 6.45) is 0. The number of carbonyl (C=O) groups excluding carboxylic acids is 2. The molecule has 0 aliphatic carbocycles. The monoisotopic (exact) mass is 341 g/mol. The van der Waals surface area contributed by atoms with E-state index in [4.69, 9.17) is 0 Å². The van der Waals surface area contributed by atoms with Crippen LogP contribution < -0.4 is 10.6 Å². The molecule has 0 heterocycles. The van der Waals surface area contributed by atoms with E-state index in [1.54, 1.807) is 11.9 Å². The molecule has 0 unspecified atom stereocenters. The first-order chi connectivity index (χ1) is 9.36. The van der Waals surface area contributed by atoms with Gasteiger partial charge in [0.05, 0.1) is 13.1 Å². The number of amides is 2. The Kier molecular flexibility index (Phi) is 6.67. The van der Waals surface area contributed by atoms with Gasteiger partial charge in [0.15, 0.2) is 0 Å².